The molecule has 3 rings (SSSR count). The summed E-state index contributed by atoms with van der Waals surface area (Å²) in [5.41, 5.74) is 4.09. The smallest absolute Gasteiger partial charge is 0.437 e. The lowest BCUT2D eigenvalue weighted by Gasteiger charge is -2.23. The highest BCUT2D eigenvalue weighted by molar-refractivity contribution is 6.00. The van der Waals surface area contributed by atoms with Gasteiger partial charge in [-0.15, -0.1) is 0 Å². The van der Waals surface area contributed by atoms with Gasteiger partial charge < -0.3 is 43.5 Å². The number of hydrogen-bond acceptors (Lipinski definition) is 14. The summed E-state index contributed by atoms with van der Waals surface area (Å²) in [5, 5.41) is -0.0382. The summed E-state index contributed by atoms with van der Waals surface area (Å²) in [5.74, 6) is -3.76. The Bertz CT molecular complexity index is 1690. The van der Waals surface area contributed by atoms with Gasteiger partial charge in [0.15, 0.2) is 22.8 Å². The zero-order valence-electron chi connectivity index (χ0n) is 23.7. The van der Waals surface area contributed by atoms with Gasteiger partial charge in [-0.3, -0.25) is 14.4 Å². The Morgan fingerprint density at radius 1 is 0.818 bits per heavy atom. The van der Waals surface area contributed by atoms with Crippen LogP contribution in [0.25, 0.3) is 11.0 Å². The SMILES string of the molecule is COC(=O)Oc1cccc(C(=O)N(CCCCn2c(=O)oc3c(OC(=O)OC)cccc3c2=O)CC(N)=O)c1OC(=O)OC. The monoisotopic (exact) mass is 617 g/mol. The minimum absolute atomic E-state index is 0.0382. The minimum atomic E-state index is -1.23. The van der Waals surface area contributed by atoms with Crippen LogP contribution in [0.1, 0.15) is 23.2 Å². The van der Waals surface area contributed by atoms with Crippen molar-refractivity contribution in [2.75, 3.05) is 34.4 Å². The molecule has 2 N–H and O–H groups in total. The molecular formula is C27H27N3O14. The van der Waals surface area contributed by atoms with Crippen LogP contribution in [0.3, 0.4) is 0 Å². The van der Waals surface area contributed by atoms with E-state index in [1.54, 1.807) is 0 Å². The molecule has 0 atom stereocenters. The number of fused-ring (bicyclic) bond motifs is 1. The molecule has 0 aliphatic carbocycles. The van der Waals surface area contributed by atoms with E-state index in [9.17, 15) is 33.6 Å². The lowest BCUT2D eigenvalue weighted by molar-refractivity contribution is -0.118. The molecule has 1 aromatic heterocycles. The Labute approximate surface area is 247 Å². The molecule has 0 saturated carbocycles. The highest BCUT2D eigenvalue weighted by atomic mass is 16.7. The van der Waals surface area contributed by atoms with E-state index in [4.69, 9.17) is 24.4 Å². The molecule has 3 aromatic rings. The summed E-state index contributed by atoms with van der Waals surface area (Å²) >= 11 is 0. The number of hydrogen-bond donors (Lipinski definition) is 1. The number of rotatable bonds is 11. The number of nitrogens with two attached hydrogens (primary N) is 1. The lowest BCUT2D eigenvalue weighted by Crippen LogP contribution is -2.39. The first-order chi connectivity index (χ1) is 21.0. The van der Waals surface area contributed by atoms with E-state index in [0.29, 0.717) is 0 Å². The van der Waals surface area contributed by atoms with Gasteiger partial charge >= 0.3 is 24.2 Å². The molecule has 44 heavy (non-hydrogen) atoms. The van der Waals surface area contributed by atoms with Crippen molar-refractivity contribution in [2.45, 2.75) is 19.4 Å². The molecule has 0 saturated heterocycles. The maximum Gasteiger partial charge on any atom is 0.513 e. The predicted molar refractivity (Wildman–Crippen MR) is 147 cm³/mol. The second-order valence-corrected chi connectivity index (χ2v) is 8.66. The third-order valence-corrected chi connectivity index (χ3v) is 5.84. The first kappa shape index (κ1) is 32.6. The van der Waals surface area contributed by atoms with Crippen molar-refractivity contribution in [3.05, 3.63) is 62.9 Å². The Kier molecular flexibility index (Phi) is 11.0. The molecule has 0 unspecified atom stereocenters. The molecule has 2 amide bonds. The molecular weight excluding hydrogens is 590 g/mol. The van der Waals surface area contributed by atoms with E-state index >= 15 is 0 Å². The maximum atomic E-state index is 13.5. The van der Waals surface area contributed by atoms with Crippen LogP contribution in [0.2, 0.25) is 0 Å². The van der Waals surface area contributed by atoms with Gasteiger partial charge in [0.1, 0.15) is 0 Å². The first-order valence-electron chi connectivity index (χ1n) is 12.6. The topological polar surface area (TPSA) is 222 Å². The Hall–Kier alpha value is -5.87. The van der Waals surface area contributed by atoms with Crippen LogP contribution in [0.5, 0.6) is 17.2 Å². The quantitative estimate of drug-likeness (QED) is 0.140. The van der Waals surface area contributed by atoms with Gasteiger partial charge in [-0.25, -0.2) is 23.7 Å². The molecule has 234 valence electrons. The highest BCUT2D eigenvalue weighted by Crippen LogP contribution is 2.33. The Morgan fingerprint density at radius 2 is 1.41 bits per heavy atom. The van der Waals surface area contributed by atoms with E-state index < -0.39 is 53.9 Å². The zero-order valence-corrected chi connectivity index (χ0v) is 23.7. The second-order valence-electron chi connectivity index (χ2n) is 8.66. The van der Waals surface area contributed by atoms with Gasteiger partial charge in [0.05, 0.1) is 38.8 Å². The number of aromatic nitrogens is 1. The molecule has 1 heterocycles. The maximum absolute atomic E-state index is 13.5. The van der Waals surface area contributed by atoms with Crippen molar-refractivity contribution in [2.24, 2.45) is 5.73 Å². The predicted octanol–water partition coefficient (Wildman–Crippen LogP) is 1.80. The largest absolute Gasteiger partial charge is 0.513 e. The molecule has 0 radical (unpaired) electrons. The molecule has 0 aliphatic heterocycles. The molecule has 17 heteroatoms. The average Bonchev–Trinajstić information content (AvgIpc) is 3.00. The van der Waals surface area contributed by atoms with Crippen LogP contribution in [-0.4, -0.2) is 74.2 Å². The third-order valence-electron chi connectivity index (χ3n) is 5.84. The minimum Gasteiger partial charge on any atom is -0.437 e. The van der Waals surface area contributed by atoms with Crippen molar-refractivity contribution in [3.8, 4) is 17.2 Å². The number of methoxy groups -OCH3 is 3. The number of carbonyl (C=O) groups excluding carboxylic acids is 5. The molecule has 17 nitrogen and oxygen atoms in total. The summed E-state index contributed by atoms with van der Waals surface area (Å²) in [6.07, 6.45) is -3.18. The number of ether oxygens (including phenoxy) is 6. The number of benzene rings is 2. The van der Waals surface area contributed by atoms with Crippen molar-refractivity contribution in [3.63, 3.8) is 0 Å². The van der Waals surface area contributed by atoms with Gasteiger partial charge in [-0.05, 0) is 37.1 Å². The summed E-state index contributed by atoms with van der Waals surface area (Å²) in [6.45, 7) is -0.803. The van der Waals surface area contributed by atoms with Crippen molar-refractivity contribution in [1.29, 1.82) is 0 Å². The molecule has 2 aromatic carbocycles. The van der Waals surface area contributed by atoms with Crippen LogP contribution in [-0.2, 0) is 25.5 Å². The fraction of sp³-hybridized carbons (Fsp3) is 0.296. The normalized spacial score (nSPS) is 10.4. The van der Waals surface area contributed by atoms with Crippen LogP contribution in [0, 0.1) is 0 Å². The van der Waals surface area contributed by atoms with E-state index in [-0.39, 0.29) is 54.0 Å². The Morgan fingerprint density at radius 3 is 2.05 bits per heavy atom. The highest BCUT2D eigenvalue weighted by Gasteiger charge is 2.27. The van der Waals surface area contributed by atoms with E-state index in [1.807, 2.05) is 0 Å². The third kappa shape index (κ3) is 7.90. The van der Waals surface area contributed by atoms with Gasteiger partial charge in [-0.2, -0.15) is 0 Å². The zero-order chi connectivity index (χ0) is 32.4. The van der Waals surface area contributed by atoms with Gasteiger partial charge in [0.25, 0.3) is 11.5 Å². The summed E-state index contributed by atoms with van der Waals surface area (Å²) in [4.78, 5) is 87.0. The van der Waals surface area contributed by atoms with Gasteiger partial charge in [0.2, 0.25) is 5.91 Å². The molecule has 0 aliphatic rings. The number of nitrogens with zero attached hydrogens (tertiary/aromatic N) is 2. The average molecular weight is 618 g/mol. The van der Waals surface area contributed by atoms with Gasteiger partial charge in [0, 0.05) is 13.1 Å². The first-order valence-corrected chi connectivity index (χ1v) is 12.6. The number of unbranched alkanes of at least 4 members (excludes halogenated alkanes) is 1. The van der Waals surface area contributed by atoms with Crippen molar-refractivity contribution >= 4 is 41.2 Å². The fourth-order valence-corrected chi connectivity index (χ4v) is 3.87. The standard InChI is InChI=1S/C27H27N3O14/c1-38-25(35)41-17-10-7-9-16-20(17)43-24(34)30(23(16)33)13-5-4-12-29(14-19(28)31)22(32)15-8-6-11-18(42-26(36)39-2)21(15)44-27(37)40-3/h6-11H,4-5,12-14H2,1-3H3,(H2,28,31). The van der Waals surface area contributed by atoms with E-state index in [2.05, 4.69) is 14.2 Å². The molecule has 0 spiro atoms. The summed E-state index contributed by atoms with van der Waals surface area (Å²) in [7, 11) is 3.14. The number of amides is 2. The van der Waals surface area contributed by atoms with Crippen molar-refractivity contribution in [1.82, 2.24) is 9.47 Å². The fourth-order valence-electron chi connectivity index (χ4n) is 3.87. The van der Waals surface area contributed by atoms with Crippen molar-refractivity contribution < 1.29 is 56.8 Å². The number of para-hydroxylation sites is 2. The molecule has 0 fully saturated rings. The lowest BCUT2D eigenvalue weighted by atomic mass is 10.1. The number of carbonyl (C=O) groups is 5. The van der Waals surface area contributed by atoms with Crippen LogP contribution in [0.15, 0.2) is 50.4 Å². The van der Waals surface area contributed by atoms with Crippen LogP contribution < -0.4 is 31.3 Å². The molecule has 0 bridgehead atoms. The second kappa shape index (κ2) is 14.9. The number of primary amides is 1. The van der Waals surface area contributed by atoms with Crippen LogP contribution in [0.4, 0.5) is 14.4 Å². The van der Waals surface area contributed by atoms with E-state index in [1.165, 1.54) is 36.4 Å². The Balaban J connectivity index is 1.82. The van der Waals surface area contributed by atoms with Crippen LogP contribution >= 0.6 is 0 Å². The summed E-state index contributed by atoms with van der Waals surface area (Å²) < 4.78 is 34.3. The van der Waals surface area contributed by atoms with Gasteiger partial charge in [-0.1, -0.05) is 12.1 Å². The summed E-state index contributed by atoms with van der Waals surface area (Å²) in [6, 6.07) is 7.91. The van der Waals surface area contributed by atoms with E-state index in [0.717, 1.165) is 30.8 Å².